The number of rotatable bonds is 7. The van der Waals surface area contributed by atoms with E-state index in [2.05, 4.69) is 24.0 Å². The number of hydrogen-bond acceptors (Lipinski definition) is 6. The Bertz CT molecular complexity index is 1560. The first kappa shape index (κ1) is 21.1. The molecule has 0 N–H and O–H groups in total. The van der Waals surface area contributed by atoms with Crippen molar-refractivity contribution < 1.29 is 9.15 Å². The summed E-state index contributed by atoms with van der Waals surface area (Å²) >= 11 is 1.62. The third kappa shape index (κ3) is 3.51. The Morgan fingerprint density at radius 3 is 2.85 bits per heavy atom. The van der Waals surface area contributed by atoms with Crippen LogP contribution in [0, 0.1) is 0 Å². The third-order valence-electron chi connectivity index (χ3n) is 6.53. The van der Waals surface area contributed by atoms with E-state index in [9.17, 15) is 4.79 Å². The number of hydrogen-bond donors (Lipinski definition) is 0. The minimum absolute atomic E-state index is 0.0473. The van der Waals surface area contributed by atoms with Crippen LogP contribution < -0.4 is 10.3 Å². The highest BCUT2D eigenvalue weighted by Crippen LogP contribution is 2.46. The van der Waals surface area contributed by atoms with Gasteiger partial charge in [-0.3, -0.25) is 9.36 Å². The van der Waals surface area contributed by atoms with Crippen LogP contribution in [-0.4, -0.2) is 21.6 Å². The molecule has 0 unspecified atom stereocenters. The van der Waals surface area contributed by atoms with Crippen LogP contribution in [0.5, 0.6) is 5.75 Å². The second kappa shape index (κ2) is 8.40. The Kier molecular flexibility index (Phi) is 5.21. The zero-order chi connectivity index (χ0) is 23.2. The Balaban J connectivity index is 1.66. The maximum atomic E-state index is 14.1. The lowest BCUT2D eigenvalue weighted by atomic mass is 10.0. The summed E-state index contributed by atoms with van der Waals surface area (Å²) in [5, 5.41) is 1.67. The molecule has 172 valence electrons. The summed E-state index contributed by atoms with van der Waals surface area (Å²) in [5.74, 6) is 2.58. The van der Waals surface area contributed by atoms with Crippen molar-refractivity contribution in [3.8, 4) is 17.1 Å². The van der Waals surface area contributed by atoms with Gasteiger partial charge in [0.25, 0.3) is 5.56 Å². The maximum Gasteiger partial charge on any atom is 0.263 e. The molecule has 2 aromatic carbocycles. The summed E-state index contributed by atoms with van der Waals surface area (Å²) in [4.78, 5) is 24.0. The molecule has 0 bridgehead atoms. The highest BCUT2D eigenvalue weighted by atomic mass is 32.1. The third-order valence-corrected chi connectivity index (χ3v) is 7.71. The van der Waals surface area contributed by atoms with Crippen LogP contribution in [0.2, 0.25) is 0 Å². The van der Waals surface area contributed by atoms with Crippen molar-refractivity contribution in [2.75, 3.05) is 7.11 Å². The van der Waals surface area contributed by atoms with Gasteiger partial charge in [0.2, 0.25) is 0 Å². The summed E-state index contributed by atoms with van der Waals surface area (Å²) in [7, 11) is 1.68. The van der Waals surface area contributed by atoms with Gasteiger partial charge in [0.05, 0.1) is 25.2 Å². The Morgan fingerprint density at radius 1 is 1.24 bits per heavy atom. The number of thiophene rings is 1. The number of ether oxygens (including phenoxy) is 1. The summed E-state index contributed by atoms with van der Waals surface area (Å²) in [6.45, 7) is 2.45. The first-order chi connectivity index (χ1) is 16.7. The molecule has 0 radical (unpaired) electrons. The quantitative estimate of drug-likeness (QED) is 0.285. The van der Waals surface area contributed by atoms with Gasteiger partial charge in [0.1, 0.15) is 22.2 Å². The van der Waals surface area contributed by atoms with E-state index in [1.54, 1.807) is 29.2 Å². The minimum atomic E-state index is -0.0473. The smallest absolute Gasteiger partial charge is 0.263 e. The standard InChI is InChI=1S/C27H25N3O3S/c1-3-5-17-6-4-7-21-23-26(34-24(17)21)29-25(30(27(23)31)14-19-13-28-15-33-19)20-11-10-18(32-2)12-22(20)16-8-9-16/h4,6-7,10-13,15-16H,3,5,8-9,14H2,1-2H3. The Hall–Kier alpha value is -3.45. The lowest BCUT2D eigenvalue weighted by molar-refractivity contribution is 0.414. The molecule has 6 rings (SSSR count). The van der Waals surface area contributed by atoms with E-state index in [1.807, 2.05) is 24.3 Å². The van der Waals surface area contributed by atoms with E-state index >= 15 is 0 Å². The fraction of sp³-hybridized carbons (Fsp3) is 0.296. The average Bonchev–Trinajstić information content (AvgIpc) is 3.43. The number of oxazole rings is 1. The van der Waals surface area contributed by atoms with Crippen LogP contribution in [0.1, 0.15) is 49.0 Å². The number of fused-ring (bicyclic) bond motifs is 3. The largest absolute Gasteiger partial charge is 0.497 e. The van der Waals surface area contributed by atoms with Crippen molar-refractivity contribution in [3.63, 3.8) is 0 Å². The van der Waals surface area contributed by atoms with E-state index < -0.39 is 0 Å². The fourth-order valence-electron chi connectivity index (χ4n) is 4.74. The van der Waals surface area contributed by atoms with Crippen molar-refractivity contribution >= 4 is 31.6 Å². The van der Waals surface area contributed by atoms with Crippen LogP contribution in [-0.2, 0) is 13.0 Å². The predicted molar refractivity (Wildman–Crippen MR) is 135 cm³/mol. The normalized spacial score (nSPS) is 13.7. The van der Waals surface area contributed by atoms with E-state index in [-0.39, 0.29) is 12.1 Å². The minimum Gasteiger partial charge on any atom is -0.497 e. The maximum absolute atomic E-state index is 14.1. The van der Waals surface area contributed by atoms with Gasteiger partial charge in [-0.1, -0.05) is 31.5 Å². The molecule has 1 aliphatic carbocycles. The summed E-state index contributed by atoms with van der Waals surface area (Å²) < 4.78 is 13.9. The molecule has 5 aromatic rings. The van der Waals surface area contributed by atoms with Gasteiger partial charge in [0, 0.05) is 15.6 Å². The zero-order valence-electron chi connectivity index (χ0n) is 19.2. The topological polar surface area (TPSA) is 70.2 Å². The fourth-order valence-corrected chi connectivity index (χ4v) is 5.94. The van der Waals surface area contributed by atoms with Crippen molar-refractivity contribution in [1.82, 2.24) is 14.5 Å². The summed E-state index contributed by atoms with van der Waals surface area (Å²) in [5.41, 5.74) is 3.39. The van der Waals surface area contributed by atoms with Crippen LogP contribution >= 0.6 is 11.3 Å². The molecule has 1 aliphatic rings. The Labute approximate surface area is 200 Å². The summed E-state index contributed by atoms with van der Waals surface area (Å²) in [6, 6.07) is 12.3. The predicted octanol–water partition coefficient (Wildman–Crippen LogP) is 6.15. The van der Waals surface area contributed by atoms with Crippen molar-refractivity contribution in [3.05, 3.63) is 76.2 Å². The second-order valence-electron chi connectivity index (χ2n) is 8.85. The average molecular weight is 472 g/mol. The van der Waals surface area contributed by atoms with E-state index in [0.29, 0.717) is 22.9 Å². The first-order valence-electron chi connectivity index (χ1n) is 11.7. The van der Waals surface area contributed by atoms with E-state index in [0.717, 1.165) is 51.9 Å². The van der Waals surface area contributed by atoms with Gasteiger partial charge >= 0.3 is 0 Å². The van der Waals surface area contributed by atoms with Gasteiger partial charge < -0.3 is 9.15 Å². The highest BCUT2D eigenvalue weighted by molar-refractivity contribution is 7.25. The molecule has 7 heteroatoms. The molecule has 0 spiro atoms. The molecule has 34 heavy (non-hydrogen) atoms. The van der Waals surface area contributed by atoms with Gasteiger partial charge in [-0.15, -0.1) is 11.3 Å². The van der Waals surface area contributed by atoms with Gasteiger partial charge in [-0.05, 0) is 54.5 Å². The molecular formula is C27H25N3O3S. The monoisotopic (exact) mass is 471 g/mol. The first-order valence-corrected chi connectivity index (χ1v) is 12.5. The number of aryl methyl sites for hydroxylation is 1. The molecule has 0 atom stereocenters. The number of benzene rings is 2. The van der Waals surface area contributed by atoms with E-state index in [1.165, 1.54) is 17.5 Å². The zero-order valence-corrected chi connectivity index (χ0v) is 20.0. The summed E-state index contributed by atoms with van der Waals surface area (Å²) in [6.07, 6.45) is 7.36. The SMILES string of the molecule is CCCc1cccc2c1sc1nc(-c3ccc(OC)cc3C3CC3)n(Cc3cnco3)c(=O)c12. The van der Waals surface area contributed by atoms with E-state index in [4.69, 9.17) is 14.1 Å². The van der Waals surface area contributed by atoms with Gasteiger partial charge in [-0.25, -0.2) is 9.97 Å². The van der Waals surface area contributed by atoms with Crippen molar-refractivity contribution in [2.45, 2.75) is 45.1 Å². The molecule has 0 amide bonds. The number of aromatic nitrogens is 3. The van der Waals surface area contributed by atoms with Crippen molar-refractivity contribution in [1.29, 1.82) is 0 Å². The van der Waals surface area contributed by atoms with Crippen LogP contribution in [0.15, 0.2) is 58.2 Å². The number of methoxy groups -OCH3 is 1. The molecular weight excluding hydrogens is 446 g/mol. The van der Waals surface area contributed by atoms with Gasteiger partial charge in [-0.2, -0.15) is 0 Å². The molecule has 3 heterocycles. The lowest BCUT2D eigenvalue weighted by Crippen LogP contribution is -2.24. The molecule has 1 saturated carbocycles. The Morgan fingerprint density at radius 2 is 2.12 bits per heavy atom. The molecule has 6 nitrogen and oxygen atoms in total. The second-order valence-corrected chi connectivity index (χ2v) is 9.85. The lowest BCUT2D eigenvalue weighted by Gasteiger charge is -2.15. The van der Waals surface area contributed by atoms with Crippen molar-refractivity contribution in [2.24, 2.45) is 0 Å². The number of nitrogens with zero attached hydrogens (tertiary/aromatic N) is 3. The highest BCUT2D eigenvalue weighted by Gasteiger charge is 2.29. The molecule has 3 aromatic heterocycles. The molecule has 0 aliphatic heterocycles. The van der Waals surface area contributed by atoms with Crippen LogP contribution in [0.3, 0.4) is 0 Å². The van der Waals surface area contributed by atoms with Crippen LogP contribution in [0.4, 0.5) is 0 Å². The molecule has 1 fully saturated rings. The van der Waals surface area contributed by atoms with Crippen LogP contribution in [0.25, 0.3) is 31.7 Å². The van der Waals surface area contributed by atoms with Gasteiger partial charge in [0.15, 0.2) is 6.39 Å². The molecule has 0 saturated heterocycles.